The van der Waals surface area contributed by atoms with Crippen molar-refractivity contribution in [2.24, 2.45) is 0 Å². The smallest absolute Gasteiger partial charge is 0.344 e. The van der Waals surface area contributed by atoms with Crippen molar-refractivity contribution in [2.75, 3.05) is 31.0 Å². The molecule has 1 amide bonds. The molecule has 2 aromatic rings. The van der Waals surface area contributed by atoms with Crippen LogP contribution in [0.4, 0.5) is 5.69 Å². The molecule has 0 aliphatic heterocycles. The lowest BCUT2D eigenvalue weighted by molar-refractivity contribution is -0.141. The summed E-state index contributed by atoms with van der Waals surface area (Å²) in [4.78, 5) is 24.7. The molecular weight excluding hydrogens is 371 g/mol. The van der Waals surface area contributed by atoms with Gasteiger partial charge < -0.3 is 10.1 Å². The molecule has 2 rings (SSSR count). The van der Waals surface area contributed by atoms with Crippen LogP contribution in [0.15, 0.2) is 42.5 Å². The monoisotopic (exact) mass is 397 g/mol. The van der Waals surface area contributed by atoms with Gasteiger partial charge in [0.1, 0.15) is 12.8 Å². The van der Waals surface area contributed by atoms with E-state index in [1.54, 1.807) is 12.1 Å². The lowest BCUT2D eigenvalue weighted by Gasteiger charge is -2.18. The summed E-state index contributed by atoms with van der Waals surface area (Å²) in [6.45, 7) is 7.94. The van der Waals surface area contributed by atoms with E-state index in [1.165, 1.54) is 0 Å². The predicted octanol–water partition coefficient (Wildman–Crippen LogP) is 4.13. The average molecular weight is 397 g/mol. The molecule has 0 fully saturated rings. The molecule has 5 nitrogen and oxygen atoms in total. The first-order chi connectivity index (χ1) is 13.2. The number of esters is 1. The van der Waals surface area contributed by atoms with Crippen molar-refractivity contribution < 1.29 is 14.3 Å². The Balaban J connectivity index is 1.91. The Hall–Kier alpha value is -2.70. The van der Waals surface area contributed by atoms with Gasteiger partial charge in [0, 0.05) is 26.3 Å². The summed E-state index contributed by atoms with van der Waals surface area (Å²) in [5.74, 6) is -0.397. The summed E-state index contributed by atoms with van der Waals surface area (Å²) in [5, 5.41) is 12.0. The molecule has 146 valence electrons. The van der Waals surface area contributed by atoms with E-state index >= 15 is 0 Å². The third-order valence-corrected chi connectivity index (χ3v) is 6.56. The van der Waals surface area contributed by atoms with Crippen LogP contribution in [0.2, 0.25) is 0 Å². The third kappa shape index (κ3) is 6.48. The topological polar surface area (TPSA) is 79.2 Å². The maximum atomic E-state index is 12.5. The highest BCUT2D eigenvalue weighted by atomic mass is 31.2. The Morgan fingerprint density at radius 2 is 1.68 bits per heavy atom. The number of amides is 1. The van der Waals surface area contributed by atoms with Crippen molar-refractivity contribution in [2.45, 2.75) is 20.5 Å². The maximum Gasteiger partial charge on any atom is 0.344 e. The van der Waals surface area contributed by atoms with Crippen LogP contribution in [0.5, 0.6) is 0 Å². The zero-order valence-corrected chi connectivity index (χ0v) is 17.7. The summed E-state index contributed by atoms with van der Waals surface area (Å²) in [6, 6.07) is 15.1. The van der Waals surface area contributed by atoms with E-state index in [0.717, 1.165) is 22.4 Å². The van der Waals surface area contributed by atoms with E-state index < -0.39 is 7.26 Å². The number of hydrogen-bond acceptors (Lipinski definition) is 4. The number of nitriles is 1. The Labute approximate surface area is 167 Å². The van der Waals surface area contributed by atoms with E-state index in [-0.39, 0.29) is 24.6 Å². The van der Waals surface area contributed by atoms with E-state index in [2.05, 4.69) is 11.4 Å². The van der Waals surface area contributed by atoms with Gasteiger partial charge in [-0.05, 0) is 42.7 Å². The van der Waals surface area contributed by atoms with Crippen molar-refractivity contribution in [1.29, 1.82) is 5.26 Å². The summed E-state index contributed by atoms with van der Waals surface area (Å²) in [7, 11) is -1.80. The van der Waals surface area contributed by atoms with Crippen molar-refractivity contribution in [3.63, 3.8) is 0 Å². The number of carbonyl (C=O) groups excluding carboxylic acids is 2. The van der Waals surface area contributed by atoms with Gasteiger partial charge in [0.05, 0.1) is 11.6 Å². The molecule has 0 aromatic heterocycles. The minimum atomic E-state index is -1.80. The summed E-state index contributed by atoms with van der Waals surface area (Å²) in [5.41, 5.74) is 3.95. The normalized spacial score (nSPS) is 10.8. The number of carbonyl (C=O) groups is 2. The second kappa shape index (κ2) is 9.48. The molecule has 0 unspecified atom stereocenters. The number of nitrogens with zero attached hydrogens (tertiary/aromatic N) is 1. The first kappa shape index (κ1) is 21.6. The zero-order chi connectivity index (χ0) is 20.7. The van der Waals surface area contributed by atoms with Gasteiger partial charge in [0.25, 0.3) is 5.91 Å². The van der Waals surface area contributed by atoms with E-state index in [0.29, 0.717) is 11.7 Å². The van der Waals surface area contributed by atoms with Crippen molar-refractivity contribution in [3.05, 3.63) is 64.7 Å². The van der Waals surface area contributed by atoms with E-state index in [4.69, 9.17) is 10.00 Å². The fraction of sp³-hybridized carbons (Fsp3) is 0.318. The molecule has 0 saturated carbocycles. The van der Waals surface area contributed by atoms with Crippen LogP contribution in [0.25, 0.3) is 0 Å². The molecule has 0 bridgehead atoms. The van der Waals surface area contributed by atoms with Crippen molar-refractivity contribution in [3.8, 4) is 6.07 Å². The summed E-state index contributed by atoms with van der Waals surface area (Å²) in [6.07, 6.45) is 0.560. The molecule has 0 heterocycles. The molecule has 0 aliphatic rings. The number of rotatable bonds is 7. The molecule has 0 saturated heterocycles. The standard InChI is InChI=1S/C22H25N2O3P/c1-16-10-19(12-23)11-17(2)22(16)24-20(25)14-28(3,4)15-21(26)27-13-18-8-6-5-7-9-18/h5-11H,13-15H2,1-4H3/p+1. The number of anilines is 1. The lowest BCUT2D eigenvalue weighted by Crippen LogP contribution is -2.23. The van der Waals surface area contributed by atoms with E-state index in [1.807, 2.05) is 57.5 Å². The minimum absolute atomic E-state index is 0.120. The quantitative estimate of drug-likeness (QED) is 0.563. The molecule has 6 heteroatoms. The minimum Gasteiger partial charge on any atom is -0.458 e. The second-order valence-electron chi connectivity index (χ2n) is 7.54. The van der Waals surface area contributed by atoms with Gasteiger partial charge in [-0.1, -0.05) is 30.3 Å². The largest absolute Gasteiger partial charge is 0.458 e. The van der Waals surface area contributed by atoms with Crippen LogP contribution < -0.4 is 5.32 Å². The van der Waals surface area contributed by atoms with Gasteiger partial charge in [0.15, 0.2) is 6.16 Å². The Morgan fingerprint density at radius 1 is 1.07 bits per heavy atom. The molecule has 0 atom stereocenters. The van der Waals surface area contributed by atoms with Gasteiger partial charge in [-0.15, -0.1) is 0 Å². The number of aryl methyl sites for hydroxylation is 2. The van der Waals surface area contributed by atoms with Crippen LogP contribution in [0.3, 0.4) is 0 Å². The molecule has 0 radical (unpaired) electrons. The molecule has 0 aliphatic carbocycles. The van der Waals surface area contributed by atoms with Crippen molar-refractivity contribution >= 4 is 24.8 Å². The van der Waals surface area contributed by atoms with Gasteiger partial charge in [-0.25, -0.2) is 4.79 Å². The van der Waals surface area contributed by atoms with Crippen LogP contribution in [0, 0.1) is 25.2 Å². The number of hydrogen-bond donors (Lipinski definition) is 1. The van der Waals surface area contributed by atoms with E-state index in [9.17, 15) is 9.59 Å². The molecular formula is C22H26N2O3P+. The highest BCUT2D eigenvalue weighted by Crippen LogP contribution is 2.50. The molecule has 28 heavy (non-hydrogen) atoms. The molecule has 2 aromatic carbocycles. The van der Waals surface area contributed by atoms with Crippen LogP contribution in [0.1, 0.15) is 22.3 Å². The van der Waals surface area contributed by atoms with Crippen LogP contribution in [-0.4, -0.2) is 37.5 Å². The first-order valence-corrected chi connectivity index (χ1v) is 12.1. The fourth-order valence-electron chi connectivity index (χ4n) is 2.98. The summed E-state index contributed by atoms with van der Waals surface area (Å²) >= 11 is 0. The average Bonchev–Trinajstić information content (AvgIpc) is 2.62. The Bertz CT molecular complexity index is 879. The number of ether oxygens (including phenoxy) is 1. The predicted molar refractivity (Wildman–Crippen MR) is 114 cm³/mol. The Kier molecular flexibility index (Phi) is 7.31. The van der Waals surface area contributed by atoms with Gasteiger partial charge >= 0.3 is 5.97 Å². The van der Waals surface area contributed by atoms with Crippen molar-refractivity contribution in [1.82, 2.24) is 0 Å². The zero-order valence-electron chi connectivity index (χ0n) is 16.8. The number of benzene rings is 2. The second-order valence-corrected chi connectivity index (χ2v) is 12.0. The van der Waals surface area contributed by atoms with Crippen LogP contribution >= 0.6 is 7.26 Å². The highest BCUT2D eigenvalue weighted by molar-refractivity contribution is 7.76. The number of nitrogens with one attached hydrogen (secondary N) is 1. The van der Waals surface area contributed by atoms with Gasteiger partial charge in [0.2, 0.25) is 0 Å². The lowest BCUT2D eigenvalue weighted by atomic mass is 10.0. The highest BCUT2D eigenvalue weighted by Gasteiger charge is 2.33. The SMILES string of the molecule is Cc1cc(C#N)cc(C)c1NC(=O)C[P+](C)(C)CC(=O)OCc1ccccc1. The van der Waals surface area contributed by atoms with Crippen LogP contribution in [-0.2, 0) is 20.9 Å². The fourth-order valence-corrected chi connectivity index (χ4v) is 4.74. The van der Waals surface area contributed by atoms with Gasteiger partial charge in [-0.2, -0.15) is 5.26 Å². The van der Waals surface area contributed by atoms with Gasteiger partial charge in [-0.3, -0.25) is 4.79 Å². The Morgan fingerprint density at radius 3 is 2.25 bits per heavy atom. The first-order valence-electron chi connectivity index (χ1n) is 9.03. The molecule has 0 spiro atoms. The third-order valence-electron chi connectivity index (χ3n) is 4.30. The maximum absolute atomic E-state index is 12.5. The summed E-state index contributed by atoms with van der Waals surface area (Å²) < 4.78 is 5.35. The molecule has 1 N–H and O–H groups in total.